The van der Waals surface area contributed by atoms with Crippen molar-refractivity contribution in [2.24, 2.45) is 5.92 Å². The van der Waals surface area contributed by atoms with Crippen LogP contribution in [0.4, 0.5) is 5.69 Å². The van der Waals surface area contributed by atoms with E-state index in [1.165, 1.54) is 6.07 Å². The van der Waals surface area contributed by atoms with E-state index >= 15 is 0 Å². The Hall–Kier alpha value is -1.82. The van der Waals surface area contributed by atoms with Crippen molar-refractivity contribution in [1.82, 2.24) is 5.32 Å². The Morgan fingerprint density at radius 1 is 1.58 bits per heavy atom. The monoisotopic (exact) mass is 286 g/mol. The molecular formula is C12H15ClN2O4. The van der Waals surface area contributed by atoms with Crippen LogP contribution >= 0.6 is 11.6 Å². The summed E-state index contributed by atoms with van der Waals surface area (Å²) in [6.07, 6.45) is 0.707. The number of rotatable bonds is 5. The molecule has 0 aliphatic carbocycles. The van der Waals surface area contributed by atoms with E-state index in [-0.39, 0.29) is 34.8 Å². The molecule has 0 saturated carbocycles. The zero-order valence-corrected chi connectivity index (χ0v) is 11.4. The molecule has 0 heterocycles. The Bertz CT molecular complexity index is 505. The summed E-state index contributed by atoms with van der Waals surface area (Å²) in [6.45, 7) is 3.76. The van der Waals surface area contributed by atoms with Gasteiger partial charge < -0.3 is 10.4 Å². The normalized spacial score (nSPS) is 11.9. The highest BCUT2D eigenvalue weighted by molar-refractivity contribution is 6.32. The van der Waals surface area contributed by atoms with Gasteiger partial charge in [0.05, 0.1) is 11.0 Å². The fraction of sp³-hybridized carbons (Fsp3) is 0.417. The number of nitrogens with one attached hydrogen (secondary N) is 1. The van der Waals surface area contributed by atoms with E-state index in [1.54, 1.807) is 6.92 Å². The highest BCUT2D eigenvalue weighted by atomic mass is 35.5. The van der Waals surface area contributed by atoms with E-state index in [9.17, 15) is 20.0 Å². The molecular weight excluding hydrogens is 272 g/mol. The second kappa shape index (κ2) is 6.38. The standard InChI is InChI=1S/C12H15ClN2O4/c1-3-7(2)12(17)14-6-8-4-9(13)10(15(18)19)5-11(8)16/h4-5,7,16H,3,6H2,1-2H3,(H,14,17). The van der Waals surface area contributed by atoms with Gasteiger partial charge in [-0.1, -0.05) is 25.4 Å². The highest BCUT2D eigenvalue weighted by Gasteiger charge is 2.17. The number of aromatic hydroxyl groups is 1. The van der Waals surface area contributed by atoms with Crippen molar-refractivity contribution >= 4 is 23.2 Å². The van der Waals surface area contributed by atoms with Gasteiger partial charge in [0.1, 0.15) is 10.8 Å². The summed E-state index contributed by atoms with van der Waals surface area (Å²) in [5.74, 6) is -0.535. The molecule has 104 valence electrons. The molecule has 7 heteroatoms. The lowest BCUT2D eigenvalue weighted by Crippen LogP contribution is -2.28. The predicted octanol–water partition coefficient (Wildman–Crippen LogP) is 2.62. The van der Waals surface area contributed by atoms with Crippen molar-refractivity contribution in [3.8, 4) is 5.75 Å². The molecule has 1 amide bonds. The number of phenols is 1. The third-order valence-corrected chi connectivity index (χ3v) is 3.16. The first-order valence-corrected chi connectivity index (χ1v) is 6.18. The van der Waals surface area contributed by atoms with Crippen LogP contribution in [0.15, 0.2) is 12.1 Å². The van der Waals surface area contributed by atoms with E-state index in [4.69, 9.17) is 11.6 Å². The van der Waals surface area contributed by atoms with Gasteiger partial charge in [0, 0.05) is 18.0 Å². The van der Waals surface area contributed by atoms with Crippen molar-refractivity contribution in [3.63, 3.8) is 0 Å². The van der Waals surface area contributed by atoms with Crippen LogP contribution in [0.3, 0.4) is 0 Å². The molecule has 2 N–H and O–H groups in total. The lowest BCUT2D eigenvalue weighted by Gasteiger charge is -2.11. The van der Waals surface area contributed by atoms with Crippen LogP contribution < -0.4 is 5.32 Å². The molecule has 6 nitrogen and oxygen atoms in total. The molecule has 0 fully saturated rings. The third-order valence-electron chi connectivity index (χ3n) is 2.86. The zero-order valence-electron chi connectivity index (χ0n) is 10.6. The largest absolute Gasteiger partial charge is 0.507 e. The van der Waals surface area contributed by atoms with E-state index in [1.807, 2.05) is 6.92 Å². The van der Waals surface area contributed by atoms with E-state index < -0.39 is 4.92 Å². The van der Waals surface area contributed by atoms with Crippen LogP contribution in [0.2, 0.25) is 5.02 Å². The molecule has 1 rings (SSSR count). The molecule has 1 unspecified atom stereocenters. The number of hydrogen-bond donors (Lipinski definition) is 2. The Kier molecular flexibility index (Phi) is 5.11. The highest BCUT2D eigenvalue weighted by Crippen LogP contribution is 2.31. The van der Waals surface area contributed by atoms with Crippen LogP contribution in [0.5, 0.6) is 5.75 Å². The van der Waals surface area contributed by atoms with Gasteiger partial charge in [0.25, 0.3) is 5.69 Å². The summed E-state index contributed by atoms with van der Waals surface area (Å²) >= 11 is 5.74. The molecule has 0 aliphatic heterocycles. The Labute approximate surface area is 115 Å². The minimum atomic E-state index is -0.677. The first-order valence-electron chi connectivity index (χ1n) is 5.80. The maximum atomic E-state index is 11.6. The van der Waals surface area contributed by atoms with Gasteiger partial charge in [-0.2, -0.15) is 0 Å². The van der Waals surface area contributed by atoms with Gasteiger partial charge in [-0.3, -0.25) is 14.9 Å². The average molecular weight is 287 g/mol. The Morgan fingerprint density at radius 3 is 2.74 bits per heavy atom. The van der Waals surface area contributed by atoms with E-state index in [0.717, 1.165) is 6.07 Å². The molecule has 0 aromatic heterocycles. The second-order valence-electron chi connectivity index (χ2n) is 4.22. The number of nitro benzene ring substituents is 1. The number of carbonyl (C=O) groups excluding carboxylic acids is 1. The number of halogens is 1. The molecule has 0 aliphatic rings. The van der Waals surface area contributed by atoms with Crippen LogP contribution in [0.25, 0.3) is 0 Å². The fourth-order valence-electron chi connectivity index (χ4n) is 1.42. The lowest BCUT2D eigenvalue weighted by atomic mass is 10.1. The molecule has 0 spiro atoms. The topological polar surface area (TPSA) is 92.5 Å². The van der Waals surface area contributed by atoms with Crippen molar-refractivity contribution in [3.05, 3.63) is 32.8 Å². The number of nitrogens with zero attached hydrogens (tertiary/aromatic N) is 1. The van der Waals surface area contributed by atoms with Crippen LogP contribution in [-0.2, 0) is 11.3 Å². The van der Waals surface area contributed by atoms with Crippen molar-refractivity contribution in [2.45, 2.75) is 26.8 Å². The van der Waals surface area contributed by atoms with Gasteiger partial charge in [-0.05, 0) is 12.5 Å². The third kappa shape index (κ3) is 3.82. The van der Waals surface area contributed by atoms with Gasteiger partial charge >= 0.3 is 0 Å². The maximum absolute atomic E-state index is 11.6. The van der Waals surface area contributed by atoms with Gasteiger partial charge in [0.15, 0.2) is 0 Å². The SMILES string of the molecule is CCC(C)C(=O)NCc1cc(Cl)c([N+](=O)[O-])cc1O. The molecule has 0 saturated heterocycles. The molecule has 0 radical (unpaired) electrons. The Balaban J connectivity index is 2.83. The smallest absolute Gasteiger partial charge is 0.291 e. The summed E-state index contributed by atoms with van der Waals surface area (Å²) in [5.41, 5.74) is -0.0246. The van der Waals surface area contributed by atoms with Gasteiger partial charge in [-0.25, -0.2) is 0 Å². The van der Waals surface area contributed by atoms with Crippen LogP contribution in [0, 0.1) is 16.0 Å². The first kappa shape index (κ1) is 15.2. The van der Waals surface area contributed by atoms with Crippen molar-refractivity contribution < 1.29 is 14.8 Å². The average Bonchev–Trinajstić information content (AvgIpc) is 2.37. The fourth-order valence-corrected chi connectivity index (χ4v) is 1.67. The second-order valence-corrected chi connectivity index (χ2v) is 4.62. The van der Waals surface area contributed by atoms with E-state index in [2.05, 4.69) is 5.32 Å². The number of hydrogen-bond acceptors (Lipinski definition) is 4. The number of nitro groups is 1. The molecule has 1 aromatic rings. The quantitative estimate of drug-likeness (QED) is 0.643. The summed E-state index contributed by atoms with van der Waals surface area (Å²) in [7, 11) is 0. The van der Waals surface area contributed by atoms with Crippen LogP contribution in [0.1, 0.15) is 25.8 Å². The van der Waals surface area contributed by atoms with E-state index in [0.29, 0.717) is 12.0 Å². The van der Waals surface area contributed by atoms with Crippen molar-refractivity contribution in [2.75, 3.05) is 0 Å². The van der Waals surface area contributed by atoms with Crippen LogP contribution in [-0.4, -0.2) is 15.9 Å². The predicted molar refractivity (Wildman–Crippen MR) is 71.1 cm³/mol. The van der Waals surface area contributed by atoms with Gasteiger partial charge in [-0.15, -0.1) is 0 Å². The zero-order chi connectivity index (χ0) is 14.6. The van der Waals surface area contributed by atoms with Gasteiger partial charge in [0.2, 0.25) is 5.91 Å². The molecule has 19 heavy (non-hydrogen) atoms. The molecule has 1 aromatic carbocycles. The number of phenolic OH excluding ortho intramolecular Hbond substituents is 1. The summed E-state index contributed by atoms with van der Waals surface area (Å²) < 4.78 is 0. The summed E-state index contributed by atoms with van der Waals surface area (Å²) in [4.78, 5) is 21.5. The maximum Gasteiger partial charge on any atom is 0.291 e. The first-order chi connectivity index (χ1) is 8.86. The molecule has 1 atom stereocenters. The summed E-state index contributed by atoms with van der Waals surface area (Å²) in [6, 6.07) is 2.26. The lowest BCUT2D eigenvalue weighted by molar-refractivity contribution is -0.384. The number of benzene rings is 1. The number of carbonyl (C=O) groups is 1. The molecule has 0 bridgehead atoms. The minimum absolute atomic E-state index is 0.0735. The van der Waals surface area contributed by atoms with Crippen molar-refractivity contribution in [1.29, 1.82) is 0 Å². The summed E-state index contributed by atoms with van der Waals surface area (Å²) in [5, 5.41) is 22.8. The Morgan fingerprint density at radius 2 is 2.21 bits per heavy atom. The number of amides is 1. The minimum Gasteiger partial charge on any atom is -0.507 e.